The highest BCUT2D eigenvalue weighted by molar-refractivity contribution is 5.90. The van der Waals surface area contributed by atoms with Gasteiger partial charge in [0, 0.05) is 19.2 Å². The van der Waals surface area contributed by atoms with Gasteiger partial charge in [-0.05, 0) is 62.3 Å². The average molecular weight is 537 g/mol. The van der Waals surface area contributed by atoms with E-state index in [0.29, 0.717) is 53.7 Å². The van der Waals surface area contributed by atoms with Crippen molar-refractivity contribution in [3.63, 3.8) is 0 Å². The quantitative estimate of drug-likeness (QED) is 0.273. The highest BCUT2D eigenvalue weighted by atomic mass is 16.5. The molecule has 1 fully saturated rings. The van der Waals surface area contributed by atoms with Gasteiger partial charge in [-0.25, -0.2) is 14.6 Å². The maximum Gasteiger partial charge on any atom is 0.246 e. The fraction of sp³-hybridized carbons (Fsp3) is 0.290. The number of carbonyl (C=O) groups excluding carboxylic acids is 1. The number of amides is 1. The molecule has 1 saturated heterocycles. The Morgan fingerprint density at radius 2 is 1.98 bits per heavy atom. The van der Waals surface area contributed by atoms with Crippen molar-refractivity contribution in [3.05, 3.63) is 84.8 Å². The molecule has 3 heterocycles. The summed E-state index contributed by atoms with van der Waals surface area (Å²) >= 11 is 0. The minimum absolute atomic E-state index is 0.0621. The van der Waals surface area contributed by atoms with Crippen LogP contribution < -0.4 is 15.2 Å². The van der Waals surface area contributed by atoms with Gasteiger partial charge in [-0.1, -0.05) is 43.0 Å². The molecule has 1 aliphatic rings. The zero-order chi connectivity index (χ0) is 28.1. The van der Waals surface area contributed by atoms with Crippen LogP contribution in [0.1, 0.15) is 44.0 Å². The number of ether oxygens (including phenoxy) is 2. The van der Waals surface area contributed by atoms with Crippen LogP contribution in [0.5, 0.6) is 11.5 Å². The molecule has 1 atom stereocenters. The van der Waals surface area contributed by atoms with Crippen molar-refractivity contribution in [2.45, 2.75) is 44.9 Å². The molecule has 0 radical (unpaired) electrons. The van der Waals surface area contributed by atoms with Crippen LogP contribution in [0.25, 0.3) is 11.0 Å². The highest BCUT2D eigenvalue weighted by Gasteiger charge is 2.27. The van der Waals surface area contributed by atoms with Crippen LogP contribution in [-0.4, -0.2) is 49.2 Å². The third-order valence-corrected chi connectivity index (χ3v) is 6.66. The second-order valence-corrected chi connectivity index (χ2v) is 10.1. The molecular formula is C31H32N6O3. The van der Waals surface area contributed by atoms with Gasteiger partial charge in [-0.3, -0.25) is 4.79 Å². The number of aromatic nitrogens is 4. The molecule has 0 bridgehead atoms. The Balaban J connectivity index is 1.36. The van der Waals surface area contributed by atoms with Crippen LogP contribution in [0, 0.1) is 11.8 Å². The van der Waals surface area contributed by atoms with E-state index >= 15 is 0 Å². The van der Waals surface area contributed by atoms with E-state index in [1.54, 1.807) is 4.90 Å². The molecule has 4 aromatic rings. The van der Waals surface area contributed by atoms with Crippen LogP contribution in [0.3, 0.4) is 0 Å². The number of nitrogens with zero attached hydrogens (tertiary/aromatic N) is 5. The summed E-state index contributed by atoms with van der Waals surface area (Å²) in [4.78, 5) is 22.6. The number of piperidine rings is 1. The number of nitrogen functional groups attached to an aromatic ring is 1. The molecule has 0 saturated carbocycles. The molecule has 1 aliphatic heterocycles. The number of carbonyl (C=O) groups is 1. The largest absolute Gasteiger partial charge is 0.489 e. The Morgan fingerprint density at radius 1 is 1.18 bits per heavy atom. The summed E-state index contributed by atoms with van der Waals surface area (Å²) in [6.07, 6.45) is 4.46. The maximum absolute atomic E-state index is 12.2. The van der Waals surface area contributed by atoms with Crippen LogP contribution in [-0.2, 0) is 11.4 Å². The van der Waals surface area contributed by atoms with Gasteiger partial charge in [0.1, 0.15) is 35.9 Å². The summed E-state index contributed by atoms with van der Waals surface area (Å²) in [5, 5.41) is 5.38. The van der Waals surface area contributed by atoms with Gasteiger partial charge in [0.25, 0.3) is 0 Å². The van der Waals surface area contributed by atoms with Crippen LogP contribution >= 0.6 is 0 Å². The molecule has 204 valence electrons. The lowest BCUT2D eigenvalue weighted by molar-refractivity contribution is -0.127. The van der Waals surface area contributed by atoms with Crippen molar-refractivity contribution in [1.82, 2.24) is 24.6 Å². The summed E-state index contributed by atoms with van der Waals surface area (Å²) in [6.45, 7) is 9.05. The summed E-state index contributed by atoms with van der Waals surface area (Å²) < 4.78 is 14.0. The molecule has 1 amide bonds. The third kappa shape index (κ3) is 6.07. The standard InChI is InChI=1S/C31H32N6O3/c1-4-27(38)36-17-9-12-23(19-36)37-30-28(29(32)33-21-34-30)26(35-37)15-16-31(2,3)40-25-14-8-13-24(18-25)39-20-22-10-6-5-7-11-22/h4-8,10-11,13-14,18,21,23H,1,9,12,17,19-20H2,2-3H3,(H2,32,33,34). The Hall–Kier alpha value is -4.84. The van der Waals surface area contributed by atoms with Gasteiger partial charge in [0.15, 0.2) is 11.2 Å². The van der Waals surface area contributed by atoms with Crippen LogP contribution in [0.4, 0.5) is 5.82 Å². The third-order valence-electron chi connectivity index (χ3n) is 6.66. The number of hydrogen-bond acceptors (Lipinski definition) is 7. The molecule has 9 nitrogen and oxygen atoms in total. The van der Waals surface area contributed by atoms with E-state index < -0.39 is 5.60 Å². The van der Waals surface area contributed by atoms with Gasteiger partial charge < -0.3 is 20.1 Å². The van der Waals surface area contributed by atoms with Crippen molar-refractivity contribution in [1.29, 1.82) is 0 Å². The highest BCUT2D eigenvalue weighted by Crippen LogP contribution is 2.29. The van der Waals surface area contributed by atoms with E-state index in [9.17, 15) is 4.79 Å². The second-order valence-electron chi connectivity index (χ2n) is 10.1. The SMILES string of the molecule is C=CC(=O)N1CCCC(n2nc(C#CC(C)(C)Oc3cccc(OCc4ccccc4)c3)c3c(N)ncnc32)C1. The lowest BCUT2D eigenvalue weighted by Gasteiger charge is -2.32. The molecule has 5 rings (SSSR count). The minimum Gasteiger partial charge on any atom is -0.489 e. The normalized spacial score (nSPS) is 15.2. The number of nitrogens with two attached hydrogens (primary N) is 1. The number of rotatable bonds is 7. The number of likely N-dealkylation sites (tertiary alicyclic amines) is 1. The lowest BCUT2D eigenvalue weighted by Crippen LogP contribution is -2.40. The molecule has 2 aromatic heterocycles. The second kappa shape index (κ2) is 11.5. The summed E-state index contributed by atoms with van der Waals surface area (Å²) in [7, 11) is 0. The van der Waals surface area contributed by atoms with Crippen molar-refractivity contribution in [3.8, 4) is 23.3 Å². The van der Waals surface area contributed by atoms with Crippen molar-refractivity contribution in [2.75, 3.05) is 18.8 Å². The monoisotopic (exact) mass is 536 g/mol. The van der Waals surface area contributed by atoms with Crippen molar-refractivity contribution < 1.29 is 14.3 Å². The van der Waals surface area contributed by atoms with Gasteiger partial charge >= 0.3 is 0 Å². The maximum atomic E-state index is 12.2. The van der Waals surface area contributed by atoms with Gasteiger partial charge in [0.2, 0.25) is 5.91 Å². The first-order valence-electron chi connectivity index (χ1n) is 13.2. The fourth-order valence-corrected chi connectivity index (χ4v) is 4.72. The summed E-state index contributed by atoms with van der Waals surface area (Å²) in [6, 6.07) is 17.4. The van der Waals surface area contributed by atoms with Crippen LogP contribution in [0.15, 0.2) is 73.6 Å². The van der Waals surface area contributed by atoms with E-state index in [1.807, 2.05) is 73.1 Å². The Bertz CT molecular complexity index is 1590. The van der Waals surface area contributed by atoms with E-state index in [2.05, 4.69) is 28.4 Å². The number of anilines is 1. The molecule has 40 heavy (non-hydrogen) atoms. The number of hydrogen-bond donors (Lipinski definition) is 1. The Kier molecular flexibility index (Phi) is 7.69. The first-order valence-corrected chi connectivity index (χ1v) is 13.2. The molecule has 1 unspecified atom stereocenters. The first-order chi connectivity index (χ1) is 19.3. The zero-order valence-electron chi connectivity index (χ0n) is 22.7. The molecule has 0 aliphatic carbocycles. The van der Waals surface area contributed by atoms with Crippen molar-refractivity contribution in [2.24, 2.45) is 0 Å². The number of benzene rings is 2. The molecular weight excluding hydrogens is 504 g/mol. The lowest BCUT2D eigenvalue weighted by atomic mass is 10.1. The molecule has 0 spiro atoms. The van der Waals surface area contributed by atoms with Gasteiger partial charge in [-0.15, -0.1) is 0 Å². The summed E-state index contributed by atoms with van der Waals surface area (Å²) in [5.41, 5.74) is 7.55. The molecule has 2 aromatic carbocycles. The fourth-order valence-electron chi connectivity index (χ4n) is 4.72. The van der Waals surface area contributed by atoms with Crippen molar-refractivity contribution >= 4 is 22.8 Å². The Morgan fingerprint density at radius 3 is 2.77 bits per heavy atom. The van der Waals surface area contributed by atoms with E-state index in [0.717, 1.165) is 18.4 Å². The van der Waals surface area contributed by atoms with Gasteiger partial charge in [-0.2, -0.15) is 5.10 Å². The average Bonchev–Trinajstić information content (AvgIpc) is 3.35. The Labute approximate surface area is 233 Å². The predicted molar refractivity (Wildman–Crippen MR) is 154 cm³/mol. The van der Waals surface area contributed by atoms with E-state index in [-0.39, 0.29) is 11.9 Å². The molecule has 9 heteroatoms. The smallest absolute Gasteiger partial charge is 0.246 e. The predicted octanol–water partition coefficient (Wildman–Crippen LogP) is 4.55. The summed E-state index contributed by atoms with van der Waals surface area (Å²) in [5.74, 6) is 7.91. The van der Waals surface area contributed by atoms with Gasteiger partial charge in [0.05, 0.1) is 11.4 Å². The minimum atomic E-state index is -0.851. The topological polar surface area (TPSA) is 108 Å². The molecule has 2 N–H and O–H groups in total. The van der Waals surface area contributed by atoms with E-state index in [4.69, 9.17) is 20.3 Å². The van der Waals surface area contributed by atoms with E-state index in [1.165, 1.54) is 12.4 Å². The number of fused-ring (bicyclic) bond motifs is 1. The first kappa shape index (κ1) is 26.8. The van der Waals surface area contributed by atoms with Crippen LogP contribution in [0.2, 0.25) is 0 Å². The zero-order valence-corrected chi connectivity index (χ0v) is 22.7.